The molecule has 0 atom stereocenters. The second kappa shape index (κ2) is 6.64. The number of nitrogens with two attached hydrogens (primary N) is 1. The van der Waals surface area contributed by atoms with E-state index in [1.54, 1.807) is 12.1 Å². The van der Waals surface area contributed by atoms with Gasteiger partial charge in [0.25, 0.3) is 0 Å². The number of hydrogen-bond donors (Lipinski definition) is 2. The highest BCUT2D eigenvalue weighted by atomic mass is 32.2. The van der Waals surface area contributed by atoms with E-state index in [1.807, 2.05) is 11.9 Å². The maximum Gasteiger partial charge on any atom is 0.242 e. The van der Waals surface area contributed by atoms with Crippen LogP contribution in [0.1, 0.15) is 12.8 Å². The van der Waals surface area contributed by atoms with Crippen molar-refractivity contribution in [1.29, 1.82) is 0 Å². The Morgan fingerprint density at radius 3 is 2.67 bits per heavy atom. The second-order valence-corrected chi connectivity index (χ2v) is 7.23. The second-order valence-electron chi connectivity index (χ2n) is 5.37. The Labute approximate surface area is 126 Å². The van der Waals surface area contributed by atoms with E-state index in [1.165, 1.54) is 13.1 Å². The molecule has 0 saturated carbocycles. The van der Waals surface area contributed by atoms with Crippen molar-refractivity contribution in [1.82, 2.24) is 4.72 Å². The van der Waals surface area contributed by atoms with Crippen LogP contribution >= 0.6 is 0 Å². The topological polar surface area (TPSA) is 84.7 Å². The molecule has 118 valence electrons. The number of rotatable bonds is 5. The van der Waals surface area contributed by atoms with Crippen molar-refractivity contribution in [2.75, 3.05) is 44.5 Å². The molecule has 7 heteroatoms. The summed E-state index contributed by atoms with van der Waals surface area (Å²) in [4.78, 5) is 2.21. The molecule has 1 aromatic carbocycles. The lowest BCUT2D eigenvalue weighted by molar-refractivity contribution is 0.0685. The Bertz CT molecular complexity index is 583. The monoisotopic (exact) mass is 313 g/mol. The SMILES string of the molecule is CNS(=O)(=O)c1cc(N)ccc1N(C)CC1CCOCC1. The van der Waals surface area contributed by atoms with Gasteiger partial charge in [0.2, 0.25) is 10.0 Å². The van der Waals surface area contributed by atoms with Crippen LogP contribution in [0.3, 0.4) is 0 Å². The molecule has 0 amide bonds. The fourth-order valence-electron chi connectivity index (χ4n) is 2.59. The molecule has 2 rings (SSSR count). The molecule has 0 aliphatic carbocycles. The molecule has 1 aliphatic rings. The number of benzene rings is 1. The summed E-state index contributed by atoms with van der Waals surface area (Å²) in [6.07, 6.45) is 2.01. The maximum atomic E-state index is 12.2. The van der Waals surface area contributed by atoms with Crippen molar-refractivity contribution < 1.29 is 13.2 Å². The zero-order valence-corrected chi connectivity index (χ0v) is 13.3. The smallest absolute Gasteiger partial charge is 0.242 e. The first-order valence-electron chi connectivity index (χ1n) is 7.06. The molecule has 0 radical (unpaired) electrons. The molecule has 21 heavy (non-hydrogen) atoms. The summed E-state index contributed by atoms with van der Waals surface area (Å²) in [5.41, 5.74) is 6.84. The van der Waals surface area contributed by atoms with Crippen LogP contribution < -0.4 is 15.4 Å². The van der Waals surface area contributed by atoms with Crippen LogP contribution in [0, 0.1) is 5.92 Å². The number of nitrogens with one attached hydrogen (secondary N) is 1. The highest BCUT2D eigenvalue weighted by Gasteiger charge is 2.22. The number of ether oxygens (including phenoxy) is 1. The number of nitrogen functional groups attached to an aromatic ring is 1. The van der Waals surface area contributed by atoms with Crippen LogP contribution in [-0.2, 0) is 14.8 Å². The molecule has 0 unspecified atom stereocenters. The van der Waals surface area contributed by atoms with Gasteiger partial charge in [-0.05, 0) is 44.0 Å². The van der Waals surface area contributed by atoms with Crippen LogP contribution in [0.25, 0.3) is 0 Å². The molecule has 0 spiro atoms. The Hall–Kier alpha value is -1.31. The van der Waals surface area contributed by atoms with Crippen LogP contribution in [-0.4, -0.2) is 42.3 Å². The fourth-order valence-corrected chi connectivity index (χ4v) is 3.60. The van der Waals surface area contributed by atoms with Gasteiger partial charge in [-0.1, -0.05) is 0 Å². The van der Waals surface area contributed by atoms with Gasteiger partial charge in [-0.15, -0.1) is 0 Å². The van der Waals surface area contributed by atoms with Crippen molar-refractivity contribution >= 4 is 21.4 Å². The Morgan fingerprint density at radius 1 is 1.38 bits per heavy atom. The molecular weight excluding hydrogens is 290 g/mol. The van der Waals surface area contributed by atoms with Gasteiger partial charge < -0.3 is 15.4 Å². The minimum Gasteiger partial charge on any atom is -0.399 e. The molecule has 1 saturated heterocycles. The molecule has 0 aromatic heterocycles. The van der Waals surface area contributed by atoms with E-state index in [0.717, 1.165) is 32.6 Å². The highest BCUT2D eigenvalue weighted by Crippen LogP contribution is 2.28. The summed E-state index contributed by atoms with van der Waals surface area (Å²) >= 11 is 0. The van der Waals surface area contributed by atoms with Crippen molar-refractivity contribution in [3.05, 3.63) is 18.2 Å². The Balaban J connectivity index is 2.25. The standard InChI is InChI=1S/C14H23N3O3S/c1-16-21(18,19)14-9-12(15)3-4-13(14)17(2)10-11-5-7-20-8-6-11/h3-4,9,11,16H,5-8,10,15H2,1-2H3. The first-order chi connectivity index (χ1) is 9.94. The predicted octanol–water partition coefficient (Wildman–Crippen LogP) is 1.04. The van der Waals surface area contributed by atoms with E-state index in [4.69, 9.17) is 10.5 Å². The Kier molecular flexibility index (Phi) is 5.08. The Morgan fingerprint density at radius 2 is 2.05 bits per heavy atom. The minimum absolute atomic E-state index is 0.222. The van der Waals surface area contributed by atoms with Gasteiger partial charge in [-0.3, -0.25) is 0 Å². The summed E-state index contributed by atoms with van der Waals surface area (Å²) in [6, 6.07) is 4.99. The van der Waals surface area contributed by atoms with E-state index in [9.17, 15) is 8.42 Å². The van der Waals surface area contributed by atoms with Crippen molar-refractivity contribution in [2.45, 2.75) is 17.7 Å². The zero-order valence-electron chi connectivity index (χ0n) is 12.5. The first-order valence-corrected chi connectivity index (χ1v) is 8.54. The van der Waals surface area contributed by atoms with Gasteiger partial charge >= 0.3 is 0 Å². The fraction of sp³-hybridized carbons (Fsp3) is 0.571. The van der Waals surface area contributed by atoms with Crippen molar-refractivity contribution in [2.24, 2.45) is 5.92 Å². The largest absolute Gasteiger partial charge is 0.399 e. The summed E-state index contributed by atoms with van der Waals surface area (Å²) in [5.74, 6) is 0.520. The van der Waals surface area contributed by atoms with Crippen molar-refractivity contribution in [3.63, 3.8) is 0 Å². The maximum absolute atomic E-state index is 12.2. The van der Waals surface area contributed by atoms with Crippen LogP contribution in [0.2, 0.25) is 0 Å². The van der Waals surface area contributed by atoms with Gasteiger partial charge in [0.15, 0.2) is 0 Å². The molecule has 1 fully saturated rings. The van der Waals surface area contributed by atoms with Crippen LogP contribution in [0.5, 0.6) is 0 Å². The molecule has 1 aliphatic heterocycles. The summed E-state index contributed by atoms with van der Waals surface area (Å²) in [7, 11) is -0.218. The molecule has 3 N–H and O–H groups in total. The van der Waals surface area contributed by atoms with Crippen LogP contribution in [0.15, 0.2) is 23.1 Å². The van der Waals surface area contributed by atoms with E-state index in [0.29, 0.717) is 17.3 Å². The third kappa shape index (κ3) is 3.87. The lowest BCUT2D eigenvalue weighted by atomic mass is 10.00. The third-order valence-corrected chi connectivity index (χ3v) is 5.27. The minimum atomic E-state index is -3.53. The number of sulfonamides is 1. The summed E-state index contributed by atoms with van der Waals surface area (Å²) < 4.78 is 32.0. The van der Waals surface area contributed by atoms with Gasteiger partial charge in [0.05, 0.1) is 5.69 Å². The normalized spacial score (nSPS) is 16.9. The van der Waals surface area contributed by atoms with Gasteiger partial charge in [0, 0.05) is 32.5 Å². The van der Waals surface area contributed by atoms with Gasteiger partial charge in [-0.25, -0.2) is 13.1 Å². The average Bonchev–Trinajstić information content (AvgIpc) is 2.48. The van der Waals surface area contributed by atoms with E-state index < -0.39 is 10.0 Å². The zero-order chi connectivity index (χ0) is 15.5. The van der Waals surface area contributed by atoms with Gasteiger partial charge in [-0.2, -0.15) is 0 Å². The van der Waals surface area contributed by atoms with Crippen LogP contribution in [0.4, 0.5) is 11.4 Å². The predicted molar refractivity (Wildman–Crippen MR) is 83.9 cm³/mol. The van der Waals surface area contributed by atoms with E-state index in [2.05, 4.69) is 4.72 Å². The molecule has 1 aromatic rings. The lowest BCUT2D eigenvalue weighted by Crippen LogP contribution is -2.31. The van der Waals surface area contributed by atoms with E-state index >= 15 is 0 Å². The van der Waals surface area contributed by atoms with E-state index in [-0.39, 0.29) is 4.90 Å². The summed E-state index contributed by atoms with van der Waals surface area (Å²) in [6.45, 7) is 2.36. The molecule has 1 heterocycles. The molecule has 0 bridgehead atoms. The number of anilines is 2. The lowest BCUT2D eigenvalue weighted by Gasteiger charge is -2.29. The molecule has 6 nitrogen and oxygen atoms in total. The number of hydrogen-bond acceptors (Lipinski definition) is 5. The average molecular weight is 313 g/mol. The molecular formula is C14H23N3O3S. The van der Waals surface area contributed by atoms with Crippen molar-refractivity contribution in [3.8, 4) is 0 Å². The highest BCUT2D eigenvalue weighted by molar-refractivity contribution is 7.89. The number of nitrogens with zero attached hydrogens (tertiary/aromatic N) is 1. The quantitative estimate of drug-likeness (QED) is 0.794. The summed E-state index contributed by atoms with van der Waals surface area (Å²) in [5, 5.41) is 0. The first kappa shape index (κ1) is 16.1. The van der Waals surface area contributed by atoms with Gasteiger partial charge in [0.1, 0.15) is 4.90 Å². The third-order valence-electron chi connectivity index (χ3n) is 3.83.